The molecule has 3 N–H and O–H groups in total. The summed E-state index contributed by atoms with van der Waals surface area (Å²) in [5.74, 6) is -0.104. The van der Waals surface area contributed by atoms with Gasteiger partial charge in [0.1, 0.15) is 0 Å². The Morgan fingerprint density at radius 1 is 0.463 bits per heavy atom. The van der Waals surface area contributed by atoms with Crippen LogP contribution in [0.1, 0.15) is 155 Å². The maximum Gasteiger partial charge on any atom is 0.220 e. The van der Waals surface area contributed by atoms with Crippen LogP contribution in [0.4, 0.5) is 0 Å². The van der Waals surface area contributed by atoms with Gasteiger partial charge in [0.2, 0.25) is 5.91 Å². The van der Waals surface area contributed by atoms with Crippen LogP contribution in [0.25, 0.3) is 0 Å². The lowest BCUT2D eigenvalue weighted by molar-refractivity contribution is -0.123. The summed E-state index contributed by atoms with van der Waals surface area (Å²) >= 11 is 0. The number of amides is 1. The van der Waals surface area contributed by atoms with Crippen LogP contribution in [0.15, 0.2) is 134 Å². The molecular weight excluding hydrogens is 663 g/mol. The van der Waals surface area contributed by atoms with E-state index < -0.39 is 12.1 Å². The molecule has 0 heterocycles. The fourth-order valence-electron chi connectivity index (χ4n) is 5.36. The minimum atomic E-state index is -0.877. The number of rotatable bonds is 36. The molecule has 0 saturated heterocycles. The normalized spacial score (nSPS) is 14.4. The quantitative estimate of drug-likeness (QED) is 0.0442. The van der Waals surface area contributed by atoms with Crippen LogP contribution in [-0.2, 0) is 4.79 Å². The van der Waals surface area contributed by atoms with Gasteiger partial charge in [0.25, 0.3) is 0 Å². The largest absolute Gasteiger partial charge is 0.394 e. The molecule has 4 heteroatoms. The molecule has 0 aromatic rings. The van der Waals surface area contributed by atoms with Crippen molar-refractivity contribution < 1.29 is 15.0 Å². The van der Waals surface area contributed by atoms with E-state index >= 15 is 0 Å². The van der Waals surface area contributed by atoms with Crippen LogP contribution in [0, 0.1) is 0 Å². The molecule has 0 aliphatic heterocycles. The standard InChI is InChI=1S/C50H79NO3/c1-3-5-7-9-11-13-14-15-16-17-18-19-20-21-22-23-24-25-26-27-28-29-30-31-32-33-34-35-36-38-40-42-44-46-50(54)51-48(47-52)49(53)45-43-41-39-37-12-10-8-6-4-2/h5,7,11-13,15-16,18-19,21-22,24-25,27-28,30-31,33-34,37,43,45,48-49,52-53H,3-4,6,8-10,14,17,20,23,26,29,32,35-36,38-42,44,46-47H2,1-2H3,(H,51,54)/b7-5-,13-11-,16-15-,19-18-,22-21-,25-24-,28-27-,31-30-,34-33-,37-12+,45-43+. The van der Waals surface area contributed by atoms with Crippen molar-refractivity contribution in [3.05, 3.63) is 134 Å². The van der Waals surface area contributed by atoms with E-state index in [-0.39, 0.29) is 12.5 Å². The van der Waals surface area contributed by atoms with Gasteiger partial charge in [-0.05, 0) is 103 Å². The van der Waals surface area contributed by atoms with Gasteiger partial charge in [0.15, 0.2) is 0 Å². The van der Waals surface area contributed by atoms with Gasteiger partial charge in [-0.15, -0.1) is 0 Å². The van der Waals surface area contributed by atoms with Gasteiger partial charge in [0, 0.05) is 6.42 Å². The molecule has 0 saturated carbocycles. The maximum absolute atomic E-state index is 12.3. The van der Waals surface area contributed by atoms with Crippen molar-refractivity contribution in [2.75, 3.05) is 6.61 Å². The van der Waals surface area contributed by atoms with Crippen LogP contribution >= 0.6 is 0 Å². The maximum atomic E-state index is 12.3. The Bertz CT molecular complexity index is 1160. The summed E-state index contributed by atoms with van der Waals surface area (Å²) in [6, 6.07) is -0.657. The van der Waals surface area contributed by atoms with Crippen LogP contribution in [-0.4, -0.2) is 34.9 Å². The van der Waals surface area contributed by atoms with Gasteiger partial charge in [0.05, 0.1) is 18.8 Å². The van der Waals surface area contributed by atoms with Crippen molar-refractivity contribution in [2.24, 2.45) is 0 Å². The zero-order chi connectivity index (χ0) is 39.3. The van der Waals surface area contributed by atoms with E-state index in [4.69, 9.17) is 0 Å². The molecule has 0 aromatic carbocycles. The van der Waals surface area contributed by atoms with Crippen molar-refractivity contribution in [3.63, 3.8) is 0 Å². The van der Waals surface area contributed by atoms with Gasteiger partial charge in [-0.3, -0.25) is 4.79 Å². The number of aliphatic hydroxyl groups excluding tert-OH is 2. The molecule has 4 nitrogen and oxygen atoms in total. The number of hydrogen-bond acceptors (Lipinski definition) is 3. The minimum Gasteiger partial charge on any atom is -0.394 e. The average Bonchev–Trinajstić information content (AvgIpc) is 3.18. The summed E-state index contributed by atoms with van der Waals surface area (Å²) in [5, 5.41) is 22.8. The number of unbranched alkanes of at least 4 members (excludes halogenated alkanes) is 9. The number of carbonyl (C=O) groups is 1. The van der Waals surface area contributed by atoms with E-state index in [1.807, 2.05) is 6.08 Å². The van der Waals surface area contributed by atoms with Gasteiger partial charge in [-0.1, -0.05) is 180 Å². The van der Waals surface area contributed by atoms with Crippen LogP contribution in [0.2, 0.25) is 0 Å². The molecule has 54 heavy (non-hydrogen) atoms. The molecular formula is C50H79NO3. The van der Waals surface area contributed by atoms with Gasteiger partial charge in [-0.25, -0.2) is 0 Å². The van der Waals surface area contributed by atoms with Crippen molar-refractivity contribution in [1.82, 2.24) is 5.32 Å². The fraction of sp³-hybridized carbons (Fsp3) is 0.540. The fourth-order valence-corrected chi connectivity index (χ4v) is 5.36. The summed E-state index contributed by atoms with van der Waals surface area (Å²) in [5.41, 5.74) is 0. The number of hydrogen-bond donors (Lipinski definition) is 3. The Morgan fingerprint density at radius 3 is 1.30 bits per heavy atom. The highest BCUT2D eigenvalue weighted by atomic mass is 16.3. The number of allylic oxidation sites excluding steroid dienone is 21. The average molecular weight is 742 g/mol. The predicted molar refractivity (Wildman–Crippen MR) is 238 cm³/mol. The molecule has 0 bridgehead atoms. The molecule has 0 radical (unpaired) electrons. The third-order valence-corrected chi connectivity index (χ3v) is 8.62. The van der Waals surface area contributed by atoms with E-state index in [0.29, 0.717) is 6.42 Å². The first-order chi connectivity index (χ1) is 26.7. The van der Waals surface area contributed by atoms with Crippen molar-refractivity contribution in [2.45, 2.75) is 167 Å². The van der Waals surface area contributed by atoms with Crippen molar-refractivity contribution in [1.29, 1.82) is 0 Å². The van der Waals surface area contributed by atoms with E-state index in [2.05, 4.69) is 141 Å². The molecule has 0 rings (SSSR count). The molecule has 0 aliphatic rings. The van der Waals surface area contributed by atoms with Crippen molar-refractivity contribution in [3.8, 4) is 0 Å². The summed E-state index contributed by atoms with van der Waals surface area (Å²) < 4.78 is 0. The van der Waals surface area contributed by atoms with Crippen LogP contribution in [0.5, 0.6) is 0 Å². The highest BCUT2D eigenvalue weighted by Crippen LogP contribution is 2.09. The zero-order valence-corrected chi connectivity index (χ0v) is 34.4. The Morgan fingerprint density at radius 2 is 0.833 bits per heavy atom. The molecule has 0 aromatic heterocycles. The lowest BCUT2D eigenvalue weighted by atomic mass is 10.1. The molecule has 302 valence electrons. The molecule has 0 spiro atoms. The third-order valence-electron chi connectivity index (χ3n) is 8.62. The molecule has 1 amide bonds. The summed E-state index contributed by atoms with van der Waals surface area (Å²) in [7, 11) is 0. The Labute approximate surface area is 332 Å². The summed E-state index contributed by atoms with van der Waals surface area (Å²) in [6.07, 6.45) is 69.9. The zero-order valence-electron chi connectivity index (χ0n) is 34.4. The predicted octanol–water partition coefficient (Wildman–Crippen LogP) is 13.6. The number of carbonyl (C=O) groups excluding carboxylic acids is 1. The Kier molecular flexibility index (Phi) is 41.1. The number of aliphatic hydroxyl groups is 2. The topological polar surface area (TPSA) is 69.6 Å². The smallest absolute Gasteiger partial charge is 0.220 e. The van der Waals surface area contributed by atoms with Gasteiger partial charge < -0.3 is 15.5 Å². The molecule has 0 aliphatic carbocycles. The lowest BCUT2D eigenvalue weighted by Gasteiger charge is -2.19. The second-order valence-corrected chi connectivity index (χ2v) is 13.7. The Hall–Kier alpha value is -3.47. The van der Waals surface area contributed by atoms with E-state index in [9.17, 15) is 15.0 Å². The van der Waals surface area contributed by atoms with E-state index in [1.54, 1.807) is 6.08 Å². The first-order valence-electron chi connectivity index (χ1n) is 21.4. The third kappa shape index (κ3) is 39.7. The molecule has 2 unspecified atom stereocenters. The van der Waals surface area contributed by atoms with Gasteiger partial charge >= 0.3 is 0 Å². The van der Waals surface area contributed by atoms with Gasteiger partial charge in [-0.2, -0.15) is 0 Å². The second kappa shape index (κ2) is 43.9. The Balaban J connectivity index is 3.72. The highest BCUT2D eigenvalue weighted by Gasteiger charge is 2.17. The molecule has 0 fully saturated rings. The minimum absolute atomic E-state index is 0.104. The van der Waals surface area contributed by atoms with E-state index in [0.717, 1.165) is 103 Å². The SMILES string of the molecule is CC/C=C\C/C=C\C/C=C\C/C=C\C/C=C\C/C=C\C/C=C\C/C=C\C/C=C\CCCCCCCC(=O)NC(CO)C(O)/C=C/CC/C=C/CCCCC. The lowest BCUT2D eigenvalue weighted by Crippen LogP contribution is -2.45. The first kappa shape index (κ1) is 50.5. The van der Waals surface area contributed by atoms with Crippen molar-refractivity contribution >= 4 is 5.91 Å². The van der Waals surface area contributed by atoms with Crippen LogP contribution in [0.3, 0.4) is 0 Å². The molecule has 2 atom stereocenters. The first-order valence-corrected chi connectivity index (χ1v) is 21.4. The summed E-state index contributed by atoms with van der Waals surface area (Å²) in [6.45, 7) is 4.09. The monoisotopic (exact) mass is 742 g/mol. The summed E-state index contributed by atoms with van der Waals surface area (Å²) in [4.78, 5) is 12.3. The highest BCUT2D eigenvalue weighted by molar-refractivity contribution is 5.76. The van der Waals surface area contributed by atoms with Crippen LogP contribution < -0.4 is 5.32 Å². The van der Waals surface area contributed by atoms with E-state index in [1.165, 1.54) is 32.1 Å². The second-order valence-electron chi connectivity index (χ2n) is 13.7. The number of nitrogens with one attached hydrogen (secondary N) is 1.